The summed E-state index contributed by atoms with van der Waals surface area (Å²) in [5.41, 5.74) is 1.46. The summed E-state index contributed by atoms with van der Waals surface area (Å²) in [4.78, 5) is 26.8. The summed E-state index contributed by atoms with van der Waals surface area (Å²) in [7, 11) is 0. The number of ether oxygens (including phenoxy) is 1. The molecule has 1 aromatic heterocycles. The maximum atomic E-state index is 11.8. The normalized spacial score (nSPS) is 11.4. The summed E-state index contributed by atoms with van der Waals surface area (Å²) in [6, 6.07) is 13.1. The zero-order valence-electron chi connectivity index (χ0n) is 12.4. The van der Waals surface area contributed by atoms with Crippen LogP contribution in [0.1, 0.15) is 13.8 Å². The average molecular weight is 299 g/mol. The van der Waals surface area contributed by atoms with E-state index < -0.39 is 18.0 Å². The van der Waals surface area contributed by atoms with Gasteiger partial charge in [0.05, 0.1) is 11.9 Å². The molecule has 0 radical (unpaired) electrons. The van der Waals surface area contributed by atoms with Crippen LogP contribution < -0.4 is 10.6 Å². The fourth-order valence-corrected chi connectivity index (χ4v) is 1.76. The first-order valence-electron chi connectivity index (χ1n) is 6.81. The number of anilines is 3. The Hall–Kier alpha value is -2.89. The molecule has 22 heavy (non-hydrogen) atoms. The van der Waals surface area contributed by atoms with Crippen LogP contribution in [0.2, 0.25) is 0 Å². The first-order valence-corrected chi connectivity index (χ1v) is 6.81. The number of nitrogens with one attached hydrogen (secondary N) is 2. The molecular formula is C16H17N3O3. The molecule has 0 fully saturated rings. The van der Waals surface area contributed by atoms with Crippen molar-refractivity contribution >= 4 is 29.1 Å². The van der Waals surface area contributed by atoms with Crippen molar-refractivity contribution < 1.29 is 14.3 Å². The lowest BCUT2D eigenvalue weighted by molar-refractivity contribution is -0.150. The standard InChI is InChI=1S/C16H17N3O3/c1-11(22-12(2)20)16(21)19-14-8-9-15(17-10-14)18-13-6-4-3-5-7-13/h3-11H,1-2H3,(H,17,18)(H,19,21). The van der Waals surface area contributed by atoms with E-state index in [4.69, 9.17) is 4.74 Å². The molecule has 1 heterocycles. The van der Waals surface area contributed by atoms with Gasteiger partial charge in [-0.2, -0.15) is 0 Å². The zero-order chi connectivity index (χ0) is 15.9. The van der Waals surface area contributed by atoms with Gasteiger partial charge >= 0.3 is 5.97 Å². The molecule has 1 aromatic carbocycles. The molecule has 0 aliphatic carbocycles. The number of rotatable bonds is 5. The zero-order valence-corrected chi connectivity index (χ0v) is 12.4. The molecule has 114 valence electrons. The third kappa shape index (κ3) is 4.59. The summed E-state index contributed by atoms with van der Waals surface area (Å²) in [6.45, 7) is 2.77. The minimum atomic E-state index is -0.848. The summed E-state index contributed by atoms with van der Waals surface area (Å²) in [5, 5.41) is 5.77. The number of nitrogens with zero attached hydrogens (tertiary/aromatic N) is 1. The lowest BCUT2D eigenvalue weighted by Crippen LogP contribution is -2.29. The Balaban J connectivity index is 1.94. The molecule has 0 aliphatic rings. The van der Waals surface area contributed by atoms with Crippen LogP contribution in [0.4, 0.5) is 17.2 Å². The van der Waals surface area contributed by atoms with E-state index in [0.717, 1.165) is 5.69 Å². The second-order valence-electron chi connectivity index (χ2n) is 4.66. The number of benzene rings is 1. The van der Waals surface area contributed by atoms with Crippen LogP contribution in [0.25, 0.3) is 0 Å². The van der Waals surface area contributed by atoms with Gasteiger partial charge in [-0.15, -0.1) is 0 Å². The fraction of sp³-hybridized carbons (Fsp3) is 0.188. The predicted molar refractivity (Wildman–Crippen MR) is 83.8 cm³/mol. The molecule has 2 aromatic rings. The van der Waals surface area contributed by atoms with Gasteiger partial charge < -0.3 is 15.4 Å². The Morgan fingerprint density at radius 1 is 1.09 bits per heavy atom. The Morgan fingerprint density at radius 3 is 2.41 bits per heavy atom. The van der Waals surface area contributed by atoms with Crippen LogP contribution in [-0.2, 0) is 14.3 Å². The molecule has 0 saturated heterocycles. The highest BCUT2D eigenvalue weighted by Crippen LogP contribution is 2.15. The van der Waals surface area contributed by atoms with Crippen LogP contribution in [0.5, 0.6) is 0 Å². The van der Waals surface area contributed by atoms with Crippen LogP contribution in [0.15, 0.2) is 48.7 Å². The third-order valence-electron chi connectivity index (χ3n) is 2.79. The second-order valence-corrected chi connectivity index (χ2v) is 4.66. The van der Waals surface area contributed by atoms with Crippen molar-refractivity contribution in [2.45, 2.75) is 20.0 Å². The van der Waals surface area contributed by atoms with Crippen LogP contribution >= 0.6 is 0 Å². The Labute approximate surface area is 128 Å². The van der Waals surface area contributed by atoms with E-state index >= 15 is 0 Å². The van der Waals surface area contributed by atoms with Gasteiger partial charge in [-0.3, -0.25) is 9.59 Å². The molecule has 2 rings (SSSR count). The lowest BCUT2D eigenvalue weighted by Gasteiger charge is -2.12. The molecular weight excluding hydrogens is 282 g/mol. The minimum absolute atomic E-state index is 0.402. The predicted octanol–water partition coefficient (Wildman–Crippen LogP) is 2.72. The number of carbonyl (C=O) groups excluding carboxylic acids is 2. The first kappa shape index (κ1) is 15.5. The number of hydrogen-bond donors (Lipinski definition) is 2. The third-order valence-corrected chi connectivity index (χ3v) is 2.79. The van der Waals surface area contributed by atoms with Crippen molar-refractivity contribution in [2.75, 3.05) is 10.6 Å². The van der Waals surface area contributed by atoms with Crippen LogP contribution in [-0.4, -0.2) is 23.0 Å². The number of aromatic nitrogens is 1. The monoisotopic (exact) mass is 299 g/mol. The van der Waals surface area contributed by atoms with Gasteiger partial charge in [0.25, 0.3) is 5.91 Å². The number of para-hydroxylation sites is 1. The Morgan fingerprint density at radius 2 is 1.82 bits per heavy atom. The number of esters is 1. The van der Waals surface area contributed by atoms with E-state index in [2.05, 4.69) is 15.6 Å². The van der Waals surface area contributed by atoms with E-state index in [-0.39, 0.29) is 0 Å². The molecule has 1 amide bonds. The van der Waals surface area contributed by atoms with Gasteiger partial charge in [-0.25, -0.2) is 4.98 Å². The fourth-order valence-electron chi connectivity index (χ4n) is 1.76. The van der Waals surface area contributed by atoms with Gasteiger partial charge in [0, 0.05) is 12.6 Å². The minimum Gasteiger partial charge on any atom is -0.453 e. The number of pyridine rings is 1. The number of hydrogen-bond acceptors (Lipinski definition) is 5. The quantitative estimate of drug-likeness (QED) is 0.830. The molecule has 2 N–H and O–H groups in total. The molecule has 6 heteroatoms. The maximum absolute atomic E-state index is 11.8. The lowest BCUT2D eigenvalue weighted by atomic mass is 10.3. The maximum Gasteiger partial charge on any atom is 0.303 e. The molecule has 0 bridgehead atoms. The van der Waals surface area contributed by atoms with E-state index in [1.807, 2.05) is 30.3 Å². The van der Waals surface area contributed by atoms with Gasteiger partial charge in [-0.05, 0) is 31.2 Å². The molecule has 1 atom stereocenters. The van der Waals surface area contributed by atoms with Crippen molar-refractivity contribution in [1.29, 1.82) is 0 Å². The van der Waals surface area contributed by atoms with Crippen molar-refractivity contribution in [3.8, 4) is 0 Å². The highest BCUT2D eigenvalue weighted by Gasteiger charge is 2.15. The SMILES string of the molecule is CC(=O)OC(C)C(=O)Nc1ccc(Nc2ccccc2)nc1. The Bertz CT molecular complexity index is 641. The highest BCUT2D eigenvalue weighted by atomic mass is 16.5. The number of amides is 1. The average Bonchev–Trinajstić information content (AvgIpc) is 2.49. The van der Waals surface area contributed by atoms with Gasteiger partial charge in [0.15, 0.2) is 6.10 Å². The first-order chi connectivity index (χ1) is 10.5. The summed E-state index contributed by atoms with van der Waals surface area (Å²) in [5.74, 6) is -0.235. The highest BCUT2D eigenvalue weighted by molar-refractivity contribution is 5.94. The van der Waals surface area contributed by atoms with Crippen molar-refractivity contribution in [2.24, 2.45) is 0 Å². The van der Waals surface area contributed by atoms with Crippen molar-refractivity contribution in [3.63, 3.8) is 0 Å². The molecule has 0 spiro atoms. The molecule has 1 unspecified atom stereocenters. The summed E-state index contributed by atoms with van der Waals surface area (Å²) >= 11 is 0. The van der Waals surface area contributed by atoms with Gasteiger partial charge in [0.2, 0.25) is 0 Å². The van der Waals surface area contributed by atoms with Gasteiger partial charge in [-0.1, -0.05) is 18.2 Å². The van der Waals surface area contributed by atoms with E-state index in [9.17, 15) is 9.59 Å². The van der Waals surface area contributed by atoms with E-state index in [1.165, 1.54) is 20.0 Å². The van der Waals surface area contributed by atoms with Crippen LogP contribution in [0, 0.1) is 0 Å². The van der Waals surface area contributed by atoms with E-state index in [1.54, 1.807) is 12.1 Å². The molecule has 0 saturated carbocycles. The largest absolute Gasteiger partial charge is 0.453 e. The van der Waals surface area contributed by atoms with Crippen molar-refractivity contribution in [3.05, 3.63) is 48.7 Å². The molecule has 6 nitrogen and oxygen atoms in total. The van der Waals surface area contributed by atoms with Crippen molar-refractivity contribution in [1.82, 2.24) is 4.98 Å². The summed E-state index contributed by atoms with van der Waals surface area (Å²) < 4.78 is 4.80. The van der Waals surface area contributed by atoms with Crippen LogP contribution in [0.3, 0.4) is 0 Å². The summed E-state index contributed by atoms with van der Waals surface area (Å²) in [6.07, 6.45) is 0.684. The Kier molecular flexibility index (Phi) is 5.08. The van der Waals surface area contributed by atoms with E-state index in [0.29, 0.717) is 11.5 Å². The topological polar surface area (TPSA) is 80.3 Å². The second kappa shape index (κ2) is 7.21. The smallest absolute Gasteiger partial charge is 0.303 e. The van der Waals surface area contributed by atoms with Gasteiger partial charge in [0.1, 0.15) is 5.82 Å². The number of carbonyl (C=O) groups is 2. The molecule has 0 aliphatic heterocycles.